The average Bonchev–Trinajstić information content (AvgIpc) is 2.40. The number of benzene rings is 1. The van der Waals surface area contributed by atoms with Crippen LogP contribution < -0.4 is 5.73 Å². The van der Waals surface area contributed by atoms with E-state index in [1.807, 2.05) is 32.9 Å². The van der Waals surface area contributed by atoms with Crippen LogP contribution in [-0.4, -0.2) is 34.8 Å². The maximum atomic E-state index is 12.0. The predicted octanol–water partition coefficient (Wildman–Crippen LogP) is 3.09. The number of phenolic OH excluding ortho intramolecular Hbond substituents is 1. The number of hydrogen-bond acceptors (Lipinski definition) is 4. The molecule has 1 saturated heterocycles. The fourth-order valence-corrected chi connectivity index (χ4v) is 2.55. The molecule has 0 spiro atoms. The number of rotatable bonds is 1. The summed E-state index contributed by atoms with van der Waals surface area (Å²) in [6.07, 6.45) is 1.51. The number of aromatic hydroxyl groups is 1. The molecule has 1 heterocycles. The number of hydrogen-bond donors (Lipinski definition) is 2. The highest BCUT2D eigenvalue weighted by atomic mass is 16.6. The Hall–Kier alpha value is -1.91. The third-order valence-corrected chi connectivity index (χ3v) is 3.67. The van der Waals surface area contributed by atoms with Crippen LogP contribution in [0.5, 0.6) is 5.75 Å². The zero-order chi connectivity index (χ0) is 15.6. The molecule has 0 bridgehead atoms. The average molecular weight is 292 g/mol. The van der Waals surface area contributed by atoms with E-state index in [9.17, 15) is 9.90 Å². The summed E-state index contributed by atoms with van der Waals surface area (Å²) in [6, 6.07) is 5.35. The highest BCUT2D eigenvalue weighted by Gasteiger charge is 2.27. The molecule has 1 aliphatic rings. The molecule has 1 fully saturated rings. The first-order valence-electron chi connectivity index (χ1n) is 7.32. The molecule has 1 aromatic rings. The number of ether oxygens (including phenoxy) is 1. The maximum absolute atomic E-state index is 12.0. The summed E-state index contributed by atoms with van der Waals surface area (Å²) in [7, 11) is 0. The van der Waals surface area contributed by atoms with Gasteiger partial charge in [-0.3, -0.25) is 0 Å². The van der Waals surface area contributed by atoms with E-state index < -0.39 is 5.60 Å². The molecule has 116 valence electrons. The summed E-state index contributed by atoms with van der Waals surface area (Å²) < 4.78 is 5.39. The van der Waals surface area contributed by atoms with Gasteiger partial charge in [-0.1, -0.05) is 6.07 Å². The molecule has 21 heavy (non-hydrogen) atoms. The number of amides is 1. The lowest BCUT2D eigenvalue weighted by Gasteiger charge is -2.33. The van der Waals surface area contributed by atoms with Crippen molar-refractivity contribution in [2.75, 3.05) is 18.8 Å². The van der Waals surface area contributed by atoms with Crippen LogP contribution >= 0.6 is 0 Å². The van der Waals surface area contributed by atoms with Gasteiger partial charge in [0.2, 0.25) is 0 Å². The molecule has 0 atom stereocenters. The minimum absolute atomic E-state index is 0.116. The number of piperidine rings is 1. The van der Waals surface area contributed by atoms with Gasteiger partial charge in [-0.2, -0.15) is 0 Å². The van der Waals surface area contributed by atoms with Crippen molar-refractivity contribution in [3.05, 3.63) is 23.8 Å². The van der Waals surface area contributed by atoms with Gasteiger partial charge in [0.25, 0.3) is 0 Å². The van der Waals surface area contributed by atoms with E-state index in [2.05, 4.69) is 0 Å². The van der Waals surface area contributed by atoms with Crippen molar-refractivity contribution in [1.82, 2.24) is 4.90 Å². The number of nitrogens with zero attached hydrogens (tertiary/aromatic N) is 1. The van der Waals surface area contributed by atoms with E-state index in [0.29, 0.717) is 24.7 Å². The normalized spacial score (nSPS) is 16.8. The number of nitrogen functional groups attached to an aromatic ring is 1. The molecular formula is C16H24N2O3. The van der Waals surface area contributed by atoms with E-state index in [1.54, 1.807) is 11.0 Å². The van der Waals surface area contributed by atoms with E-state index in [4.69, 9.17) is 10.5 Å². The van der Waals surface area contributed by atoms with Crippen LogP contribution in [0.3, 0.4) is 0 Å². The van der Waals surface area contributed by atoms with Crippen LogP contribution in [0, 0.1) is 0 Å². The van der Waals surface area contributed by atoms with E-state index in [1.165, 1.54) is 0 Å². The van der Waals surface area contributed by atoms with Gasteiger partial charge in [-0.15, -0.1) is 0 Å². The van der Waals surface area contributed by atoms with Crippen molar-refractivity contribution in [2.24, 2.45) is 0 Å². The van der Waals surface area contributed by atoms with Gasteiger partial charge in [0.05, 0.1) is 5.69 Å². The van der Waals surface area contributed by atoms with Crippen LogP contribution in [0.2, 0.25) is 0 Å². The van der Waals surface area contributed by atoms with Gasteiger partial charge in [-0.25, -0.2) is 4.79 Å². The second kappa shape index (κ2) is 5.84. The van der Waals surface area contributed by atoms with Crippen molar-refractivity contribution in [3.8, 4) is 5.75 Å². The molecule has 0 unspecified atom stereocenters. The third-order valence-electron chi connectivity index (χ3n) is 3.67. The quantitative estimate of drug-likeness (QED) is 0.616. The number of carbonyl (C=O) groups excluding carboxylic acids is 1. The van der Waals surface area contributed by atoms with Gasteiger partial charge >= 0.3 is 6.09 Å². The summed E-state index contributed by atoms with van der Waals surface area (Å²) in [5, 5.41) is 9.47. The molecule has 1 aliphatic heterocycles. The monoisotopic (exact) mass is 292 g/mol. The molecule has 0 aromatic heterocycles. The fraction of sp³-hybridized carbons (Fsp3) is 0.562. The SMILES string of the molecule is CC(C)(C)OC(=O)N1CCC(c2ccc(O)c(N)c2)CC1. The van der Waals surface area contributed by atoms with Crippen LogP contribution in [0.15, 0.2) is 18.2 Å². The molecular weight excluding hydrogens is 268 g/mol. The van der Waals surface area contributed by atoms with Crippen molar-refractivity contribution >= 4 is 11.8 Å². The highest BCUT2D eigenvalue weighted by molar-refractivity contribution is 5.68. The largest absolute Gasteiger partial charge is 0.506 e. The smallest absolute Gasteiger partial charge is 0.410 e. The van der Waals surface area contributed by atoms with Crippen LogP contribution in [0.4, 0.5) is 10.5 Å². The first-order chi connectivity index (χ1) is 9.76. The highest BCUT2D eigenvalue weighted by Crippen LogP contribution is 2.32. The lowest BCUT2D eigenvalue weighted by molar-refractivity contribution is 0.0205. The number of likely N-dealkylation sites (tertiary alicyclic amines) is 1. The Morgan fingerprint density at radius 2 is 1.95 bits per heavy atom. The topological polar surface area (TPSA) is 75.8 Å². The van der Waals surface area contributed by atoms with Crippen molar-refractivity contribution in [3.63, 3.8) is 0 Å². The minimum atomic E-state index is -0.459. The number of phenols is 1. The van der Waals surface area contributed by atoms with Crippen molar-refractivity contribution < 1.29 is 14.6 Å². The Kier molecular flexibility index (Phi) is 4.30. The van der Waals surface area contributed by atoms with Crippen LogP contribution in [-0.2, 0) is 4.74 Å². The van der Waals surface area contributed by atoms with Gasteiger partial charge < -0.3 is 20.5 Å². The number of nitrogens with two attached hydrogens (primary N) is 1. The Morgan fingerprint density at radius 1 is 1.33 bits per heavy atom. The van der Waals surface area contributed by atoms with Gasteiger partial charge in [0.15, 0.2) is 0 Å². The Bertz CT molecular complexity index is 515. The van der Waals surface area contributed by atoms with Crippen molar-refractivity contribution in [2.45, 2.75) is 45.1 Å². The second-order valence-corrected chi connectivity index (χ2v) is 6.56. The summed E-state index contributed by atoms with van der Waals surface area (Å²) in [4.78, 5) is 13.8. The number of carbonyl (C=O) groups is 1. The molecule has 5 heteroatoms. The van der Waals surface area contributed by atoms with E-state index >= 15 is 0 Å². The van der Waals surface area contributed by atoms with E-state index in [0.717, 1.165) is 18.4 Å². The molecule has 1 amide bonds. The number of anilines is 1. The van der Waals surface area contributed by atoms with Gasteiger partial charge in [0.1, 0.15) is 11.4 Å². The van der Waals surface area contributed by atoms with Crippen molar-refractivity contribution in [1.29, 1.82) is 0 Å². The Labute approximate surface area is 125 Å². The maximum Gasteiger partial charge on any atom is 0.410 e. The molecule has 5 nitrogen and oxygen atoms in total. The van der Waals surface area contributed by atoms with Gasteiger partial charge in [-0.05, 0) is 57.2 Å². The first-order valence-corrected chi connectivity index (χ1v) is 7.32. The summed E-state index contributed by atoms with van der Waals surface area (Å²) in [5.41, 5.74) is 6.80. The predicted molar refractivity (Wildman–Crippen MR) is 82.3 cm³/mol. The summed E-state index contributed by atoms with van der Waals surface area (Å²) in [6.45, 7) is 6.98. The molecule has 0 radical (unpaired) electrons. The summed E-state index contributed by atoms with van der Waals surface area (Å²) in [5.74, 6) is 0.483. The third kappa shape index (κ3) is 4.03. The van der Waals surface area contributed by atoms with E-state index in [-0.39, 0.29) is 11.8 Å². The zero-order valence-corrected chi connectivity index (χ0v) is 12.9. The minimum Gasteiger partial charge on any atom is -0.506 e. The lowest BCUT2D eigenvalue weighted by atomic mass is 9.89. The molecule has 0 saturated carbocycles. The Morgan fingerprint density at radius 3 is 2.48 bits per heavy atom. The lowest BCUT2D eigenvalue weighted by Crippen LogP contribution is -2.41. The molecule has 2 rings (SSSR count). The molecule has 0 aliphatic carbocycles. The molecule has 3 N–H and O–H groups in total. The van der Waals surface area contributed by atoms with Crippen LogP contribution in [0.1, 0.15) is 45.1 Å². The molecule has 1 aromatic carbocycles. The standard InChI is InChI=1S/C16H24N2O3/c1-16(2,3)21-15(20)18-8-6-11(7-9-18)12-4-5-14(19)13(17)10-12/h4-5,10-11,19H,6-9,17H2,1-3H3. The Balaban J connectivity index is 1.94. The summed E-state index contributed by atoms with van der Waals surface area (Å²) >= 11 is 0. The van der Waals surface area contributed by atoms with Crippen LogP contribution in [0.25, 0.3) is 0 Å². The fourth-order valence-electron chi connectivity index (χ4n) is 2.55. The first kappa shape index (κ1) is 15.5. The zero-order valence-electron chi connectivity index (χ0n) is 12.9. The van der Waals surface area contributed by atoms with Gasteiger partial charge in [0, 0.05) is 13.1 Å². The second-order valence-electron chi connectivity index (χ2n) is 6.56.